The van der Waals surface area contributed by atoms with Crippen molar-refractivity contribution in [1.82, 2.24) is 10.6 Å². The molecule has 3 rings (SSSR count). The molecule has 2 aromatic rings. The van der Waals surface area contributed by atoms with Crippen LogP contribution in [0.1, 0.15) is 24.1 Å². The van der Waals surface area contributed by atoms with Gasteiger partial charge in [0, 0.05) is 15.7 Å². The molecule has 1 atom stereocenters. The summed E-state index contributed by atoms with van der Waals surface area (Å²) in [6.07, 6.45) is 0. The zero-order chi connectivity index (χ0) is 19.4. The Morgan fingerprint density at radius 1 is 1.22 bits per heavy atom. The average molecular weight is 447 g/mol. The molecule has 0 fully saturated rings. The third-order valence-electron chi connectivity index (χ3n) is 4.20. The van der Waals surface area contributed by atoms with Crippen molar-refractivity contribution < 1.29 is 14.3 Å². The Hall–Kier alpha value is -2.38. The maximum Gasteiger partial charge on any atom is 0.338 e. The molecule has 1 aliphatic heterocycles. The standard InChI is InChI=1S/C20H19BrN2O3S/c1-12-17(19(24)26-11-13-6-4-3-5-7-13)18(23-20(27)22-12)15-10-14(21)8-9-16(15)25-2/h3-10,18H,11H2,1-2H3,(H2,22,23,27)/t18-/m1/s1. The molecule has 7 heteroatoms. The average Bonchev–Trinajstić information content (AvgIpc) is 2.66. The zero-order valence-corrected chi connectivity index (χ0v) is 17.3. The van der Waals surface area contributed by atoms with Gasteiger partial charge in [0.25, 0.3) is 0 Å². The number of allylic oxidation sites excluding steroid dienone is 1. The maximum atomic E-state index is 12.9. The fourth-order valence-corrected chi connectivity index (χ4v) is 3.58. The van der Waals surface area contributed by atoms with Crippen LogP contribution in [0.4, 0.5) is 0 Å². The highest BCUT2D eigenvalue weighted by Gasteiger charge is 2.33. The van der Waals surface area contributed by atoms with E-state index in [0.29, 0.717) is 22.1 Å². The lowest BCUT2D eigenvalue weighted by molar-refractivity contribution is -0.140. The summed E-state index contributed by atoms with van der Waals surface area (Å²) in [5, 5.41) is 6.61. The van der Waals surface area contributed by atoms with E-state index in [4.69, 9.17) is 21.7 Å². The van der Waals surface area contributed by atoms with Gasteiger partial charge in [0.05, 0.1) is 18.7 Å². The summed E-state index contributed by atoms with van der Waals surface area (Å²) in [5.41, 5.74) is 2.84. The van der Waals surface area contributed by atoms with Crippen LogP contribution < -0.4 is 15.4 Å². The SMILES string of the molecule is COc1ccc(Br)cc1[C@H]1NC(=S)NC(C)=C1C(=O)OCc1ccccc1. The minimum Gasteiger partial charge on any atom is -0.496 e. The second kappa shape index (κ2) is 8.54. The van der Waals surface area contributed by atoms with E-state index in [1.54, 1.807) is 7.11 Å². The van der Waals surface area contributed by atoms with Gasteiger partial charge >= 0.3 is 5.97 Å². The van der Waals surface area contributed by atoms with Crippen LogP contribution in [0.15, 0.2) is 64.3 Å². The molecule has 5 nitrogen and oxygen atoms in total. The molecule has 0 amide bonds. The summed E-state index contributed by atoms with van der Waals surface area (Å²) in [6.45, 7) is 2.01. The van der Waals surface area contributed by atoms with Crippen molar-refractivity contribution in [3.05, 3.63) is 75.4 Å². The molecular formula is C20H19BrN2O3S. The second-order valence-corrected chi connectivity index (χ2v) is 7.34. The van der Waals surface area contributed by atoms with Crippen molar-refractivity contribution in [3.8, 4) is 5.75 Å². The number of rotatable bonds is 5. The minimum atomic E-state index is -0.477. The quantitative estimate of drug-likeness (QED) is 0.534. The Kier molecular flexibility index (Phi) is 6.13. The molecular weight excluding hydrogens is 428 g/mol. The highest BCUT2D eigenvalue weighted by molar-refractivity contribution is 9.10. The molecule has 0 saturated carbocycles. The van der Waals surface area contributed by atoms with Crippen LogP contribution in [0.5, 0.6) is 5.75 Å². The van der Waals surface area contributed by atoms with E-state index < -0.39 is 12.0 Å². The van der Waals surface area contributed by atoms with E-state index in [0.717, 1.165) is 15.6 Å². The molecule has 0 unspecified atom stereocenters. The number of nitrogens with one attached hydrogen (secondary N) is 2. The Morgan fingerprint density at radius 3 is 2.67 bits per heavy atom. The minimum absolute atomic E-state index is 0.198. The maximum absolute atomic E-state index is 12.9. The largest absolute Gasteiger partial charge is 0.496 e. The molecule has 2 aromatic carbocycles. The van der Waals surface area contributed by atoms with Gasteiger partial charge in [-0.1, -0.05) is 46.3 Å². The van der Waals surface area contributed by atoms with Crippen molar-refractivity contribution in [1.29, 1.82) is 0 Å². The second-order valence-electron chi connectivity index (χ2n) is 6.02. The monoisotopic (exact) mass is 446 g/mol. The molecule has 27 heavy (non-hydrogen) atoms. The predicted octanol–water partition coefficient (Wildman–Crippen LogP) is 3.99. The summed E-state index contributed by atoms with van der Waals surface area (Å²) < 4.78 is 11.9. The van der Waals surface area contributed by atoms with Crippen molar-refractivity contribution >= 4 is 39.2 Å². The number of carbonyl (C=O) groups is 1. The van der Waals surface area contributed by atoms with E-state index in [9.17, 15) is 4.79 Å². The first-order chi connectivity index (χ1) is 13.0. The van der Waals surface area contributed by atoms with Gasteiger partial charge in [-0.3, -0.25) is 0 Å². The summed E-state index contributed by atoms with van der Waals surface area (Å²) in [4.78, 5) is 12.9. The van der Waals surface area contributed by atoms with Crippen LogP contribution in [0.2, 0.25) is 0 Å². The van der Waals surface area contributed by atoms with Gasteiger partial charge in [-0.15, -0.1) is 0 Å². The topological polar surface area (TPSA) is 59.6 Å². The van der Waals surface area contributed by atoms with Crippen LogP contribution in [-0.4, -0.2) is 18.2 Å². The molecule has 1 aliphatic rings. The predicted molar refractivity (Wildman–Crippen MR) is 111 cm³/mol. The summed E-state index contributed by atoms with van der Waals surface area (Å²) in [6, 6.07) is 14.7. The fourth-order valence-electron chi connectivity index (χ4n) is 2.93. The Bertz CT molecular complexity index is 899. The van der Waals surface area contributed by atoms with Gasteiger partial charge in [0.1, 0.15) is 12.4 Å². The molecule has 1 heterocycles. The highest BCUT2D eigenvalue weighted by Crippen LogP contribution is 2.35. The van der Waals surface area contributed by atoms with E-state index in [1.165, 1.54) is 0 Å². The molecule has 0 radical (unpaired) electrons. The molecule has 0 saturated heterocycles. The number of carbonyl (C=O) groups excluding carboxylic acids is 1. The highest BCUT2D eigenvalue weighted by atomic mass is 79.9. The fraction of sp³-hybridized carbons (Fsp3) is 0.200. The lowest BCUT2D eigenvalue weighted by Crippen LogP contribution is -2.45. The van der Waals surface area contributed by atoms with Gasteiger partial charge in [0.2, 0.25) is 0 Å². The zero-order valence-electron chi connectivity index (χ0n) is 14.9. The van der Waals surface area contributed by atoms with E-state index in [2.05, 4.69) is 26.6 Å². The van der Waals surface area contributed by atoms with Crippen LogP contribution >= 0.6 is 28.1 Å². The third-order valence-corrected chi connectivity index (χ3v) is 4.92. The van der Waals surface area contributed by atoms with E-state index in [-0.39, 0.29) is 6.61 Å². The number of ether oxygens (including phenoxy) is 2. The number of thiocarbonyl (C=S) groups is 1. The van der Waals surface area contributed by atoms with Crippen LogP contribution in [0.3, 0.4) is 0 Å². The Balaban J connectivity index is 1.92. The van der Waals surface area contributed by atoms with Gasteiger partial charge in [-0.25, -0.2) is 4.79 Å². The molecule has 0 spiro atoms. The number of benzene rings is 2. The molecule has 0 aliphatic carbocycles. The first-order valence-electron chi connectivity index (χ1n) is 8.32. The smallest absolute Gasteiger partial charge is 0.338 e. The van der Waals surface area contributed by atoms with Gasteiger partial charge < -0.3 is 20.1 Å². The van der Waals surface area contributed by atoms with Crippen LogP contribution in [0.25, 0.3) is 0 Å². The van der Waals surface area contributed by atoms with E-state index >= 15 is 0 Å². The van der Waals surface area contributed by atoms with Crippen molar-refractivity contribution in [3.63, 3.8) is 0 Å². The third kappa shape index (κ3) is 4.48. The normalized spacial score (nSPS) is 16.4. The molecule has 0 bridgehead atoms. The van der Waals surface area contributed by atoms with Crippen molar-refractivity contribution in [2.45, 2.75) is 19.6 Å². The van der Waals surface area contributed by atoms with Gasteiger partial charge in [-0.2, -0.15) is 0 Å². The van der Waals surface area contributed by atoms with Gasteiger partial charge in [-0.05, 0) is 42.9 Å². The summed E-state index contributed by atoms with van der Waals surface area (Å²) >= 11 is 8.77. The van der Waals surface area contributed by atoms with Crippen molar-refractivity contribution in [2.24, 2.45) is 0 Å². The lowest BCUT2D eigenvalue weighted by Gasteiger charge is -2.30. The number of esters is 1. The molecule has 2 N–H and O–H groups in total. The Morgan fingerprint density at radius 2 is 1.96 bits per heavy atom. The lowest BCUT2D eigenvalue weighted by atomic mass is 9.95. The number of halogens is 1. The van der Waals surface area contributed by atoms with Gasteiger partial charge in [0.15, 0.2) is 5.11 Å². The first-order valence-corrected chi connectivity index (χ1v) is 9.52. The van der Waals surface area contributed by atoms with Crippen molar-refractivity contribution in [2.75, 3.05) is 7.11 Å². The molecule has 0 aromatic heterocycles. The molecule has 140 valence electrons. The van der Waals surface area contributed by atoms with Crippen LogP contribution in [-0.2, 0) is 16.1 Å². The summed E-state index contributed by atoms with van der Waals surface area (Å²) in [5.74, 6) is 0.243. The Labute approximate surface area is 171 Å². The summed E-state index contributed by atoms with van der Waals surface area (Å²) in [7, 11) is 1.59. The van der Waals surface area contributed by atoms with Crippen LogP contribution in [0, 0.1) is 0 Å². The number of hydrogen-bond donors (Lipinski definition) is 2. The number of hydrogen-bond acceptors (Lipinski definition) is 4. The number of methoxy groups -OCH3 is 1. The first kappa shape index (κ1) is 19.4. The van der Waals surface area contributed by atoms with E-state index in [1.807, 2.05) is 55.5 Å².